The molecular formula is C22H23NO2. The van der Waals surface area contributed by atoms with Crippen LogP contribution in [0.15, 0.2) is 60.2 Å². The van der Waals surface area contributed by atoms with Crippen molar-refractivity contribution in [3.8, 4) is 11.8 Å². The molecule has 2 aromatic rings. The molecule has 0 unspecified atom stereocenters. The van der Waals surface area contributed by atoms with Gasteiger partial charge in [-0.05, 0) is 30.2 Å². The molecule has 3 heteroatoms. The second-order valence-electron chi connectivity index (χ2n) is 5.84. The lowest BCUT2D eigenvalue weighted by molar-refractivity contribution is 0.104. The van der Waals surface area contributed by atoms with E-state index in [9.17, 15) is 10.1 Å². The fraction of sp³-hybridized carbons (Fsp3) is 0.273. The summed E-state index contributed by atoms with van der Waals surface area (Å²) in [7, 11) is 0. The van der Waals surface area contributed by atoms with Crippen molar-refractivity contribution in [2.45, 2.75) is 32.6 Å². The molecule has 0 bridgehead atoms. The Kier molecular flexibility index (Phi) is 7.46. The van der Waals surface area contributed by atoms with Crippen molar-refractivity contribution >= 4 is 11.9 Å². The van der Waals surface area contributed by atoms with E-state index >= 15 is 0 Å². The summed E-state index contributed by atoms with van der Waals surface area (Å²) in [5.74, 6) is 0.542. The number of allylic oxidation sites excluding steroid dienone is 1. The average Bonchev–Trinajstić information content (AvgIpc) is 2.67. The first-order valence-corrected chi connectivity index (χ1v) is 8.69. The monoisotopic (exact) mass is 333 g/mol. The van der Waals surface area contributed by atoms with Gasteiger partial charge in [-0.1, -0.05) is 68.7 Å². The maximum atomic E-state index is 12.4. The zero-order valence-electron chi connectivity index (χ0n) is 14.6. The normalized spacial score (nSPS) is 11.0. The smallest absolute Gasteiger partial charge is 0.203 e. The third-order valence-corrected chi connectivity index (χ3v) is 3.86. The zero-order chi connectivity index (χ0) is 17.9. The van der Waals surface area contributed by atoms with Crippen LogP contribution in [0.3, 0.4) is 0 Å². The molecule has 0 aliphatic heterocycles. The molecule has 0 fully saturated rings. The molecule has 0 atom stereocenters. The summed E-state index contributed by atoms with van der Waals surface area (Å²) in [6, 6.07) is 18.3. The minimum absolute atomic E-state index is 0.124. The van der Waals surface area contributed by atoms with Crippen LogP contribution in [-0.2, 0) is 0 Å². The van der Waals surface area contributed by atoms with E-state index < -0.39 is 0 Å². The van der Waals surface area contributed by atoms with Crippen LogP contribution in [0.2, 0.25) is 0 Å². The molecule has 0 saturated carbocycles. The molecule has 2 aromatic carbocycles. The SMILES string of the molecule is CCCCCCOc1ccc(/C=C(/C#N)C(=O)c2ccccc2)cc1. The van der Waals surface area contributed by atoms with Gasteiger partial charge in [0.25, 0.3) is 0 Å². The highest BCUT2D eigenvalue weighted by Gasteiger charge is 2.11. The molecule has 0 aromatic heterocycles. The first kappa shape index (κ1) is 18.5. The van der Waals surface area contributed by atoms with Crippen molar-refractivity contribution in [3.05, 3.63) is 71.3 Å². The van der Waals surface area contributed by atoms with E-state index in [1.54, 1.807) is 30.3 Å². The van der Waals surface area contributed by atoms with Crippen LogP contribution in [0.4, 0.5) is 0 Å². The summed E-state index contributed by atoms with van der Waals surface area (Å²) in [6.45, 7) is 2.90. The van der Waals surface area contributed by atoms with Crippen LogP contribution in [0.25, 0.3) is 6.08 Å². The fourth-order valence-electron chi connectivity index (χ4n) is 2.44. The average molecular weight is 333 g/mol. The van der Waals surface area contributed by atoms with Crippen LogP contribution in [0.1, 0.15) is 48.5 Å². The molecule has 0 N–H and O–H groups in total. The Hall–Kier alpha value is -2.86. The Morgan fingerprint density at radius 3 is 2.40 bits per heavy atom. The Labute approximate surface area is 149 Å². The van der Waals surface area contributed by atoms with Gasteiger partial charge in [0.1, 0.15) is 17.4 Å². The second kappa shape index (κ2) is 10.1. The molecule has 0 aliphatic carbocycles. The van der Waals surface area contributed by atoms with Crippen LogP contribution in [0.5, 0.6) is 5.75 Å². The number of hydrogen-bond acceptors (Lipinski definition) is 3. The number of ketones is 1. The number of benzene rings is 2. The lowest BCUT2D eigenvalue weighted by Crippen LogP contribution is -2.01. The van der Waals surface area contributed by atoms with E-state index in [4.69, 9.17) is 4.74 Å². The Morgan fingerprint density at radius 2 is 1.76 bits per heavy atom. The van der Waals surface area contributed by atoms with Gasteiger partial charge in [-0.2, -0.15) is 5.26 Å². The number of carbonyl (C=O) groups is 1. The first-order valence-electron chi connectivity index (χ1n) is 8.69. The van der Waals surface area contributed by atoms with Gasteiger partial charge in [0, 0.05) is 5.56 Å². The number of nitrogens with zero attached hydrogens (tertiary/aromatic N) is 1. The van der Waals surface area contributed by atoms with E-state index in [0.29, 0.717) is 12.2 Å². The number of carbonyl (C=O) groups excluding carboxylic acids is 1. The van der Waals surface area contributed by atoms with Crippen molar-refractivity contribution < 1.29 is 9.53 Å². The molecule has 128 valence electrons. The summed E-state index contributed by atoms with van der Waals surface area (Å²) in [5, 5.41) is 9.30. The highest BCUT2D eigenvalue weighted by Crippen LogP contribution is 2.17. The molecule has 0 aliphatic rings. The number of ether oxygens (including phenoxy) is 1. The molecule has 0 amide bonds. The van der Waals surface area contributed by atoms with Crippen molar-refractivity contribution in [3.63, 3.8) is 0 Å². The molecule has 2 rings (SSSR count). The number of hydrogen-bond donors (Lipinski definition) is 0. The van der Waals surface area contributed by atoms with Gasteiger partial charge in [-0.15, -0.1) is 0 Å². The van der Waals surface area contributed by atoms with E-state index in [-0.39, 0.29) is 11.4 Å². The number of Topliss-reactive ketones (excluding diaryl/α,β-unsaturated/α-hetero) is 1. The molecule has 0 radical (unpaired) electrons. The molecule has 0 spiro atoms. The number of nitriles is 1. The Balaban J connectivity index is 1.99. The molecular weight excluding hydrogens is 310 g/mol. The summed E-state index contributed by atoms with van der Waals surface area (Å²) in [6.07, 6.45) is 6.30. The standard InChI is InChI=1S/C22H23NO2/c1-2-3-4-8-15-25-21-13-11-18(12-14-21)16-20(17-23)22(24)19-9-6-5-7-10-19/h5-7,9-14,16H,2-4,8,15H2,1H3/b20-16-. The fourth-order valence-corrected chi connectivity index (χ4v) is 2.44. The van der Waals surface area contributed by atoms with Gasteiger partial charge >= 0.3 is 0 Å². The largest absolute Gasteiger partial charge is 0.494 e. The zero-order valence-corrected chi connectivity index (χ0v) is 14.6. The van der Waals surface area contributed by atoms with E-state index in [2.05, 4.69) is 6.92 Å². The first-order chi connectivity index (χ1) is 12.2. The van der Waals surface area contributed by atoms with Crippen LogP contribution >= 0.6 is 0 Å². The summed E-state index contributed by atoms with van der Waals surface area (Å²) in [5.41, 5.74) is 1.45. The van der Waals surface area contributed by atoms with Gasteiger partial charge in [0.2, 0.25) is 5.78 Å². The van der Waals surface area contributed by atoms with Crippen molar-refractivity contribution in [2.75, 3.05) is 6.61 Å². The van der Waals surface area contributed by atoms with Gasteiger partial charge in [-0.25, -0.2) is 0 Å². The number of unbranched alkanes of at least 4 members (excludes halogenated alkanes) is 3. The van der Waals surface area contributed by atoms with Crippen LogP contribution < -0.4 is 4.74 Å². The van der Waals surface area contributed by atoms with Gasteiger partial charge in [0.15, 0.2) is 0 Å². The van der Waals surface area contributed by atoms with E-state index in [0.717, 1.165) is 17.7 Å². The predicted octanol–water partition coefficient (Wildman–Crippen LogP) is 5.44. The van der Waals surface area contributed by atoms with Crippen LogP contribution in [-0.4, -0.2) is 12.4 Å². The van der Waals surface area contributed by atoms with Crippen molar-refractivity contribution in [1.29, 1.82) is 5.26 Å². The predicted molar refractivity (Wildman–Crippen MR) is 100 cm³/mol. The minimum atomic E-state index is -0.264. The summed E-state index contributed by atoms with van der Waals surface area (Å²) in [4.78, 5) is 12.4. The number of rotatable bonds is 9. The Bertz CT molecular complexity index is 740. The third kappa shape index (κ3) is 5.93. The second-order valence-corrected chi connectivity index (χ2v) is 5.84. The van der Waals surface area contributed by atoms with Gasteiger partial charge in [-0.3, -0.25) is 4.79 Å². The lowest BCUT2D eigenvalue weighted by Gasteiger charge is -2.06. The quantitative estimate of drug-likeness (QED) is 0.266. The lowest BCUT2D eigenvalue weighted by atomic mass is 10.0. The van der Waals surface area contributed by atoms with Gasteiger partial charge < -0.3 is 4.74 Å². The van der Waals surface area contributed by atoms with E-state index in [1.807, 2.05) is 36.4 Å². The molecule has 0 heterocycles. The highest BCUT2D eigenvalue weighted by molar-refractivity contribution is 6.14. The summed E-state index contributed by atoms with van der Waals surface area (Å²) >= 11 is 0. The summed E-state index contributed by atoms with van der Waals surface area (Å²) < 4.78 is 5.70. The minimum Gasteiger partial charge on any atom is -0.494 e. The third-order valence-electron chi connectivity index (χ3n) is 3.86. The molecule has 3 nitrogen and oxygen atoms in total. The highest BCUT2D eigenvalue weighted by atomic mass is 16.5. The maximum absolute atomic E-state index is 12.4. The van der Waals surface area contributed by atoms with Crippen molar-refractivity contribution in [2.24, 2.45) is 0 Å². The van der Waals surface area contributed by atoms with Crippen molar-refractivity contribution in [1.82, 2.24) is 0 Å². The van der Waals surface area contributed by atoms with Crippen LogP contribution in [0, 0.1) is 11.3 Å². The molecule has 0 saturated heterocycles. The van der Waals surface area contributed by atoms with Gasteiger partial charge in [0.05, 0.1) is 6.61 Å². The topological polar surface area (TPSA) is 50.1 Å². The molecule has 25 heavy (non-hydrogen) atoms. The van der Waals surface area contributed by atoms with E-state index in [1.165, 1.54) is 19.3 Å². The Morgan fingerprint density at radius 1 is 1.04 bits per heavy atom. The maximum Gasteiger partial charge on any atom is 0.203 e.